The molecule has 1 atom stereocenters. The molecule has 2 rings (SSSR count). The van der Waals surface area contributed by atoms with Gasteiger partial charge in [-0.25, -0.2) is 0 Å². The number of hydrogen-bond donors (Lipinski definition) is 0. The molecule has 1 saturated heterocycles. The maximum absolute atomic E-state index is 5.83. The van der Waals surface area contributed by atoms with Crippen molar-refractivity contribution in [3.63, 3.8) is 0 Å². The molecule has 0 saturated carbocycles. The Morgan fingerprint density at radius 3 is 2.76 bits per heavy atom. The van der Waals surface area contributed by atoms with Gasteiger partial charge in [-0.3, -0.25) is 0 Å². The average molecular weight is 236 g/mol. The van der Waals surface area contributed by atoms with Crippen LogP contribution >= 0.6 is 0 Å². The van der Waals surface area contributed by atoms with Crippen molar-refractivity contribution in [3.8, 4) is 5.75 Å². The van der Waals surface area contributed by atoms with Crippen LogP contribution < -0.4 is 4.74 Å². The van der Waals surface area contributed by atoms with Crippen LogP contribution in [0.25, 0.3) is 0 Å². The Labute approximate surface area is 103 Å². The van der Waals surface area contributed by atoms with Crippen molar-refractivity contribution < 1.29 is 14.2 Å². The number of ether oxygens (including phenoxy) is 3. The van der Waals surface area contributed by atoms with Crippen LogP contribution in [0, 0.1) is 6.92 Å². The third-order valence-electron chi connectivity index (χ3n) is 3.09. The Morgan fingerprint density at radius 1 is 1.41 bits per heavy atom. The first-order chi connectivity index (χ1) is 8.02. The quantitative estimate of drug-likeness (QED) is 0.807. The topological polar surface area (TPSA) is 27.7 Å². The van der Waals surface area contributed by atoms with E-state index in [-0.39, 0.29) is 6.10 Å². The van der Waals surface area contributed by atoms with E-state index in [1.165, 1.54) is 11.1 Å². The van der Waals surface area contributed by atoms with Crippen molar-refractivity contribution in [2.45, 2.75) is 39.1 Å². The van der Waals surface area contributed by atoms with E-state index in [2.05, 4.69) is 13.0 Å². The Balaban J connectivity index is 2.14. The van der Waals surface area contributed by atoms with E-state index in [0.717, 1.165) is 12.2 Å². The van der Waals surface area contributed by atoms with E-state index in [0.29, 0.717) is 6.61 Å². The maximum atomic E-state index is 5.83. The van der Waals surface area contributed by atoms with Crippen LogP contribution in [0.1, 0.15) is 25.0 Å². The highest BCUT2D eigenvalue weighted by atomic mass is 16.7. The SMILES string of the molecule is COc1cccc(C)c1CC1COC(C)(C)O1. The van der Waals surface area contributed by atoms with Gasteiger partial charge in [-0.15, -0.1) is 0 Å². The van der Waals surface area contributed by atoms with Crippen molar-refractivity contribution in [2.24, 2.45) is 0 Å². The molecule has 1 aliphatic rings. The number of aryl methyl sites for hydroxylation is 1. The molecule has 1 unspecified atom stereocenters. The third kappa shape index (κ3) is 2.79. The highest BCUT2D eigenvalue weighted by molar-refractivity contribution is 5.40. The molecule has 1 heterocycles. The smallest absolute Gasteiger partial charge is 0.163 e. The lowest BCUT2D eigenvalue weighted by Crippen LogP contribution is -2.22. The minimum absolute atomic E-state index is 0.111. The zero-order chi connectivity index (χ0) is 12.5. The second kappa shape index (κ2) is 4.67. The number of hydrogen-bond acceptors (Lipinski definition) is 3. The number of rotatable bonds is 3. The van der Waals surface area contributed by atoms with E-state index in [9.17, 15) is 0 Å². The van der Waals surface area contributed by atoms with Gasteiger partial charge in [0.1, 0.15) is 5.75 Å². The predicted molar refractivity (Wildman–Crippen MR) is 66.3 cm³/mol. The molecular formula is C14H20O3. The first-order valence-electron chi connectivity index (χ1n) is 5.96. The van der Waals surface area contributed by atoms with Crippen molar-refractivity contribution in [3.05, 3.63) is 29.3 Å². The van der Waals surface area contributed by atoms with Gasteiger partial charge in [-0.05, 0) is 38.0 Å². The fourth-order valence-corrected chi connectivity index (χ4v) is 2.22. The second-order valence-electron chi connectivity index (χ2n) is 4.91. The first kappa shape index (κ1) is 12.4. The Bertz CT molecular complexity index is 398. The van der Waals surface area contributed by atoms with Gasteiger partial charge in [-0.1, -0.05) is 12.1 Å². The Kier molecular flexibility index (Phi) is 3.40. The zero-order valence-electron chi connectivity index (χ0n) is 10.9. The molecule has 3 heteroatoms. The number of methoxy groups -OCH3 is 1. The molecule has 0 radical (unpaired) electrons. The van der Waals surface area contributed by atoms with Crippen LogP contribution in [-0.4, -0.2) is 25.6 Å². The second-order valence-corrected chi connectivity index (χ2v) is 4.91. The molecule has 0 spiro atoms. The van der Waals surface area contributed by atoms with Gasteiger partial charge < -0.3 is 14.2 Å². The molecule has 0 aromatic heterocycles. The van der Waals surface area contributed by atoms with Crippen molar-refractivity contribution in [1.82, 2.24) is 0 Å². The molecule has 1 aromatic carbocycles. The van der Waals surface area contributed by atoms with E-state index >= 15 is 0 Å². The van der Waals surface area contributed by atoms with Crippen molar-refractivity contribution >= 4 is 0 Å². The van der Waals surface area contributed by atoms with Crippen LogP contribution in [0.15, 0.2) is 18.2 Å². The first-order valence-corrected chi connectivity index (χ1v) is 5.96. The van der Waals surface area contributed by atoms with Crippen LogP contribution in [0.5, 0.6) is 5.75 Å². The fourth-order valence-electron chi connectivity index (χ4n) is 2.22. The molecular weight excluding hydrogens is 216 g/mol. The Hall–Kier alpha value is -1.06. The van der Waals surface area contributed by atoms with Crippen molar-refractivity contribution in [1.29, 1.82) is 0 Å². The minimum atomic E-state index is -0.458. The zero-order valence-corrected chi connectivity index (χ0v) is 10.9. The summed E-state index contributed by atoms with van der Waals surface area (Å²) >= 11 is 0. The molecule has 94 valence electrons. The lowest BCUT2D eigenvalue weighted by molar-refractivity contribution is -0.138. The highest BCUT2D eigenvalue weighted by Crippen LogP contribution is 2.29. The lowest BCUT2D eigenvalue weighted by atomic mass is 10.0. The molecule has 17 heavy (non-hydrogen) atoms. The summed E-state index contributed by atoms with van der Waals surface area (Å²) in [4.78, 5) is 0. The predicted octanol–water partition coefficient (Wildman–Crippen LogP) is 2.70. The summed E-state index contributed by atoms with van der Waals surface area (Å²) < 4.78 is 16.8. The molecule has 0 amide bonds. The lowest BCUT2D eigenvalue weighted by Gasteiger charge is -2.18. The maximum Gasteiger partial charge on any atom is 0.163 e. The fraction of sp³-hybridized carbons (Fsp3) is 0.571. The monoisotopic (exact) mass is 236 g/mol. The molecule has 1 aromatic rings. The van der Waals surface area contributed by atoms with Gasteiger partial charge in [0.05, 0.1) is 19.8 Å². The average Bonchev–Trinajstić information content (AvgIpc) is 2.61. The van der Waals surface area contributed by atoms with Crippen LogP contribution in [0.3, 0.4) is 0 Å². The van der Waals surface area contributed by atoms with E-state index < -0.39 is 5.79 Å². The normalized spacial score (nSPS) is 22.7. The largest absolute Gasteiger partial charge is 0.496 e. The molecule has 1 fully saturated rings. The summed E-state index contributed by atoms with van der Waals surface area (Å²) in [5.41, 5.74) is 2.44. The standard InChI is InChI=1S/C14H20O3/c1-10-6-5-7-13(15-4)12(10)8-11-9-16-14(2,3)17-11/h5-7,11H,8-9H2,1-4H3. The summed E-state index contributed by atoms with van der Waals surface area (Å²) in [7, 11) is 1.70. The molecule has 3 nitrogen and oxygen atoms in total. The van der Waals surface area contributed by atoms with Gasteiger partial charge in [0.15, 0.2) is 5.79 Å². The van der Waals surface area contributed by atoms with E-state index in [1.54, 1.807) is 7.11 Å². The molecule has 0 bridgehead atoms. The molecule has 1 aliphatic heterocycles. The summed E-state index contributed by atoms with van der Waals surface area (Å²) in [6.07, 6.45) is 0.944. The summed E-state index contributed by atoms with van der Waals surface area (Å²) in [5.74, 6) is 0.471. The van der Waals surface area contributed by atoms with Gasteiger partial charge >= 0.3 is 0 Å². The van der Waals surface area contributed by atoms with Crippen LogP contribution in [0.2, 0.25) is 0 Å². The van der Waals surface area contributed by atoms with Crippen LogP contribution in [-0.2, 0) is 15.9 Å². The van der Waals surface area contributed by atoms with Gasteiger partial charge in [0, 0.05) is 6.42 Å². The molecule has 0 aliphatic carbocycles. The van der Waals surface area contributed by atoms with Gasteiger partial charge in [0.2, 0.25) is 0 Å². The summed E-state index contributed by atoms with van der Waals surface area (Å²) in [6.45, 7) is 6.63. The van der Waals surface area contributed by atoms with Gasteiger partial charge in [0.25, 0.3) is 0 Å². The number of benzene rings is 1. The minimum Gasteiger partial charge on any atom is -0.496 e. The van der Waals surface area contributed by atoms with E-state index in [4.69, 9.17) is 14.2 Å². The summed E-state index contributed by atoms with van der Waals surface area (Å²) in [5, 5.41) is 0. The highest BCUT2D eigenvalue weighted by Gasteiger charge is 2.33. The Morgan fingerprint density at radius 2 is 2.18 bits per heavy atom. The van der Waals surface area contributed by atoms with Crippen molar-refractivity contribution in [2.75, 3.05) is 13.7 Å². The summed E-state index contributed by atoms with van der Waals surface area (Å²) in [6, 6.07) is 6.09. The third-order valence-corrected chi connectivity index (χ3v) is 3.09. The van der Waals surface area contributed by atoms with E-state index in [1.807, 2.05) is 26.0 Å². The van der Waals surface area contributed by atoms with Crippen LogP contribution in [0.4, 0.5) is 0 Å². The van der Waals surface area contributed by atoms with Gasteiger partial charge in [-0.2, -0.15) is 0 Å². The molecule has 0 N–H and O–H groups in total.